The molecule has 0 saturated carbocycles. The van der Waals surface area contributed by atoms with Crippen molar-refractivity contribution in [2.45, 2.75) is 18.9 Å². The molecule has 0 aromatic carbocycles. The molecule has 1 heterocycles. The van der Waals surface area contributed by atoms with E-state index in [1.165, 1.54) is 0 Å². The number of hydrogen-bond donors (Lipinski definition) is 2. The summed E-state index contributed by atoms with van der Waals surface area (Å²) in [7, 11) is 2.39. The highest BCUT2D eigenvalue weighted by atomic mass is 31.0. The zero-order valence-electron chi connectivity index (χ0n) is 6.94. The molecule has 0 aromatic heterocycles. The minimum absolute atomic E-state index is 0.0182. The molecule has 0 spiro atoms. The molecule has 0 radical (unpaired) electrons. The van der Waals surface area contributed by atoms with E-state index in [2.05, 4.69) is 9.39 Å². The number of rotatable bonds is 3. The standard InChI is InChI=1S/C7H15N2O2P/c8-6(4-10)3-5-1-2-9(12)7(5)11/h5-6,10H,1-4,8,12H2. The van der Waals surface area contributed by atoms with E-state index < -0.39 is 0 Å². The Labute approximate surface area is 74.4 Å². The van der Waals surface area contributed by atoms with Gasteiger partial charge in [0.25, 0.3) is 0 Å². The largest absolute Gasteiger partial charge is 0.395 e. The minimum Gasteiger partial charge on any atom is -0.395 e. The summed E-state index contributed by atoms with van der Waals surface area (Å²) in [5, 5.41) is 8.69. The van der Waals surface area contributed by atoms with Crippen molar-refractivity contribution in [3.8, 4) is 0 Å². The van der Waals surface area contributed by atoms with Crippen LogP contribution < -0.4 is 5.73 Å². The van der Waals surface area contributed by atoms with E-state index >= 15 is 0 Å². The lowest BCUT2D eigenvalue weighted by atomic mass is 9.99. The normalized spacial score (nSPS) is 26.4. The highest BCUT2D eigenvalue weighted by Gasteiger charge is 2.30. The predicted molar refractivity (Wildman–Crippen MR) is 49.2 cm³/mol. The monoisotopic (exact) mass is 190 g/mol. The lowest BCUT2D eigenvalue weighted by Gasteiger charge is -2.13. The molecule has 1 amide bonds. The van der Waals surface area contributed by atoms with E-state index in [4.69, 9.17) is 10.8 Å². The Morgan fingerprint density at radius 1 is 1.83 bits per heavy atom. The Morgan fingerprint density at radius 3 is 2.92 bits per heavy atom. The number of nitrogens with zero attached hydrogens (tertiary/aromatic N) is 1. The molecular formula is C7H15N2O2P. The van der Waals surface area contributed by atoms with Gasteiger partial charge in [-0.25, -0.2) is 0 Å². The molecule has 0 bridgehead atoms. The molecule has 0 aliphatic carbocycles. The van der Waals surface area contributed by atoms with Gasteiger partial charge in [-0.1, -0.05) is 0 Å². The number of aliphatic hydroxyl groups excluding tert-OH is 1. The van der Waals surface area contributed by atoms with E-state index in [9.17, 15) is 4.79 Å². The van der Waals surface area contributed by atoms with E-state index in [0.29, 0.717) is 6.42 Å². The first-order chi connectivity index (χ1) is 5.65. The van der Waals surface area contributed by atoms with Crippen LogP contribution in [0.25, 0.3) is 0 Å². The maximum Gasteiger partial charge on any atom is 0.228 e. The maximum atomic E-state index is 11.3. The lowest BCUT2D eigenvalue weighted by Crippen LogP contribution is -2.30. The first-order valence-corrected chi connectivity index (χ1v) is 4.59. The summed E-state index contributed by atoms with van der Waals surface area (Å²) in [5.41, 5.74) is 5.53. The zero-order chi connectivity index (χ0) is 9.14. The molecule has 1 fully saturated rings. The quantitative estimate of drug-likeness (QED) is 0.580. The van der Waals surface area contributed by atoms with E-state index in [0.717, 1.165) is 13.0 Å². The summed E-state index contributed by atoms with van der Waals surface area (Å²) < 4.78 is 1.63. The van der Waals surface area contributed by atoms with Crippen molar-refractivity contribution in [2.75, 3.05) is 13.2 Å². The number of carbonyl (C=O) groups is 1. The van der Waals surface area contributed by atoms with Crippen molar-refractivity contribution >= 4 is 15.3 Å². The number of carbonyl (C=O) groups excluding carboxylic acids is 1. The van der Waals surface area contributed by atoms with E-state index in [-0.39, 0.29) is 24.5 Å². The summed E-state index contributed by atoms with van der Waals surface area (Å²) in [4.78, 5) is 11.3. The summed E-state index contributed by atoms with van der Waals surface area (Å²) in [6, 6.07) is -0.254. The van der Waals surface area contributed by atoms with Crippen LogP contribution in [0, 0.1) is 5.92 Å². The predicted octanol–water partition coefficient (Wildman–Crippen LogP) is -0.665. The topological polar surface area (TPSA) is 66.6 Å². The summed E-state index contributed by atoms with van der Waals surface area (Å²) in [6.07, 6.45) is 1.45. The molecule has 70 valence electrons. The number of hydrogen-bond acceptors (Lipinski definition) is 3. The molecule has 1 rings (SSSR count). The summed E-state index contributed by atoms with van der Waals surface area (Å²) in [5.74, 6) is 0.147. The van der Waals surface area contributed by atoms with Gasteiger partial charge in [0, 0.05) is 18.5 Å². The molecule has 5 heteroatoms. The smallest absolute Gasteiger partial charge is 0.228 e. The fraction of sp³-hybridized carbons (Fsp3) is 0.857. The Kier molecular flexibility index (Phi) is 3.44. The Hall–Kier alpha value is -0.180. The van der Waals surface area contributed by atoms with Crippen LogP contribution in [0.1, 0.15) is 12.8 Å². The first kappa shape index (κ1) is 9.90. The Balaban J connectivity index is 2.39. The molecule has 0 aromatic rings. The lowest BCUT2D eigenvalue weighted by molar-refractivity contribution is -0.127. The molecule has 4 nitrogen and oxygen atoms in total. The van der Waals surface area contributed by atoms with Crippen LogP contribution in [0.4, 0.5) is 0 Å². The van der Waals surface area contributed by atoms with Crippen molar-refractivity contribution in [3.05, 3.63) is 0 Å². The second-order valence-electron chi connectivity index (χ2n) is 3.20. The van der Waals surface area contributed by atoms with Gasteiger partial charge in [-0.2, -0.15) is 0 Å². The highest BCUT2D eigenvalue weighted by Crippen LogP contribution is 2.24. The number of aliphatic hydroxyl groups is 1. The van der Waals surface area contributed by atoms with Crippen molar-refractivity contribution in [1.29, 1.82) is 0 Å². The van der Waals surface area contributed by atoms with Crippen molar-refractivity contribution in [2.24, 2.45) is 11.7 Å². The molecular weight excluding hydrogens is 175 g/mol. The van der Waals surface area contributed by atoms with E-state index in [1.54, 1.807) is 4.67 Å². The fourth-order valence-electron chi connectivity index (χ4n) is 1.42. The highest BCUT2D eigenvalue weighted by molar-refractivity contribution is 7.14. The van der Waals surface area contributed by atoms with Gasteiger partial charge in [0.05, 0.1) is 6.61 Å². The molecule has 1 aliphatic heterocycles. The van der Waals surface area contributed by atoms with Crippen LogP contribution in [0.3, 0.4) is 0 Å². The first-order valence-electron chi connectivity index (χ1n) is 4.07. The van der Waals surface area contributed by atoms with Crippen molar-refractivity contribution < 1.29 is 9.90 Å². The average Bonchev–Trinajstić information content (AvgIpc) is 2.36. The molecule has 12 heavy (non-hydrogen) atoms. The maximum absolute atomic E-state index is 11.3. The van der Waals surface area contributed by atoms with Crippen LogP contribution in [-0.2, 0) is 4.79 Å². The fourth-order valence-corrected chi connectivity index (χ4v) is 1.78. The molecule has 1 aliphatic rings. The van der Waals surface area contributed by atoms with Gasteiger partial charge in [-0.05, 0) is 22.2 Å². The molecule has 3 atom stereocenters. The summed E-state index contributed by atoms with van der Waals surface area (Å²) >= 11 is 0. The van der Waals surface area contributed by atoms with Gasteiger partial charge in [0.1, 0.15) is 0 Å². The van der Waals surface area contributed by atoms with E-state index in [1.807, 2.05) is 0 Å². The average molecular weight is 190 g/mol. The second-order valence-corrected chi connectivity index (χ2v) is 3.82. The molecule has 1 saturated heterocycles. The van der Waals surface area contributed by atoms with Gasteiger partial charge in [-0.15, -0.1) is 0 Å². The van der Waals surface area contributed by atoms with Gasteiger partial charge >= 0.3 is 0 Å². The van der Waals surface area contributed by atoms with Gasteiger partial charge < -0.3 is 15.5 Å². The Morgan fingerprint density at radius 2 is 2.50 bits per heavy atom. The number of nitrogens with two attached hydrogens (primary N) is 1. The van der Waals surface area contributed by atoms with Crippen LogP contribution in [0.2, 0.25) is 0 Å². The second kappa shape index (κ2) is 4.17. The van der Waals surface area contributed by atoms with Crippen LogP contribution in [0.15, 0.2) is 0 Å². The van der Waals surface area contributed by atoms with Crippen molar-refractivity contribution in [3.63, 3.8) is 0 Å². The molecule has 3 N–H and O–H groups in total. The third-order valence-electron chi connectivity index (χ3n) is 2.17. The summed E-state index contributed by atoms with van der Waals surface area (Å²) in [6.45, 7) is 0.743. The van der Waals surface area contributed by atoms with Gasteiger partial charge in [0.15, 0.2) is 0 Å². The minimum atomic E-state index is -0.254. The third-order valence-corrected chi connectivity index (χ3v) is 2.69. The van der Waals surface area contributed by atoms with Crippen LogP contribution >= 0.6 is 9.39 Å². The third kappa shape index (κ3) is 2.16. The van der Waals surface area contributed by atoms with Crippen molar-refractivity contribution in [1.82, 2.24) is 4.67 Å². The zero-order valence-corrected chi connectivity index (χ0v) is 8.10. The van der Waals surface area contributed by atoms with Crippen LogP contribution in [-0.4, -0.2) is 34.9 Å². The molecule has 3 unspecified atom stereocenters. The van der Waals surface area contributed by atoms with Crippen LogP contribution in [0.5, 0.6) is 0 Å². The number of amides is 1. The van der Waals surface area contributed by atoms with Gasteiger partial charge in [0.2, 0.25) is 5.91 Å². The SMILES string of the molecule is NC(CO)CC1CCN(P)C1=O. The van der Waals surface area contributed by atoms with Gasteiger partial charge in [-0.3, -0.25) is 4.79 Å². The Bertz CT molecular complexity index is 177.